The minimum Gasteiger partial charge on any atom is -0.508 e. The second kappa shape index (κ2) is 21.5. The number of nitrogens with zero attached hydrogens (tertiary/aromatic N) is 1. The van der Waals surface area contributed by atoms with Crippen LogP contribution in [0, 0.1) is 5.92 Å². The summed E-state index contributed by atoms with van der Waals surface area (Å²) >= 11 is 0. The van der Waals surface area contributed by atoms with Gasteiger partial charge in [0.2, 0.25) is 29.5 Å². The summed E-state index contributed by atoms with van der Waals surface area (Å²) in [6.07, 6.45) is 0.679. The fourth-order valence-electron chi connectivity index (χ4n) is 5.00. The number of aliphatic carboxylic acids is 1. The third-order valence-electron chi connectivity index (χ3n) is 7.74. The molecule has 0 spiro atoms. The number of carbonyl (C=O) groups is 6. The van der Waals surface area contributed by atoms with Gasteiger partial charge >= 0.3 is 5.97 Å². The number of hydrogen-bond donors (Lipinski definition) is 10. The predicted octanol–water partition coefficient (Wildman–Crippen LogP) is -1.24. The minimum atomic E-state index is -1.27. The van der Waals surface area contributed by atoms with Crippen molar-refractivity contribution in [3.8, 4) is 5.75 Å². The fraction of sp³-hybridized carbons (Fsp3) is 0.457. The van der Waals surface area contributed by atoms with Crippen LogP contribution < -0.4 is 43.8 Å². The molecule has 0 aliphatic heterocycles. The monoisotopic (exact) mass is 725 g/mol. The number of carboxylic acids is 1. The van der Waals surface area contributed by atoms with Gasteiger partial charge in [-0.2, -0.15) is 0 Å². The maximum atomic E-state index is 13.6. The molecule has 0 aromatic heterocycles. The third-order valence-corrected chi connectivity index (χ3v) is 7.74. The van der Waals surface area contributed by atoms with E-state index in [-0.39, 0.29) is 56.3 Å². The lowest BCUT2D eigenvalue weighted by molar-refractivity contribution is -0.142. The highest BCUT2D eigenvalue weighted by Crippen LogP contribution is 2.12. The van der Waals surface area contributed by atoms with Crippen molar-refractivity contribution in [3.63, 3.8) is 0 Å². The summed E-state index contributed by atoms with van der Waals surface area (Å²) in [5.74, 6) is -4.83. The fourth-order valence-corrected chi connectivity index (χ4v) is 5.00. The van der Waals surface area contributed by atoms with Crippen molar-refractivity contribution in [1.29, 1.82) is 0 Å². The number of nitrogens with two attached hydrogens (primary N) is 3. The van der Waals surface area contributed by atoms with Gasteiger partial charge in [0.05, 0.1) is 12.6 Å². The molecular formula is C35H51N9O8. The lowest BCUT2D eigenvalue weighted by Gasteiger charge is -2.26. The van der Waals surface area contributed by atoms with E-state index >= 15 is 0 Å². The van der Waals surface area contributed by atoms with E-state index in [1.807, 2.05) is 13.8 Å². The van der Waals surface area contributed by atoms with Crippen LogP contribution >= 0.6 is 0 Å². The highest BCUT2D eigenvalue weighted by Gasteiger charge is 2.30. The molecule has 284 valence electrons. The number of phenols is 1. The summed E-state index contributed by atoms with van der Waals surface area (Å²) in [6.45, 7) is 4.71. The first-order valence-corrected chi connectivity index (χ1v) is 16.9. The summed E-state index contributed by atoms with van der Waals surface area (Å²) in [5.41, 5.74) is 18.0. The highest BCUT2D eigenvalue weighted by molar-refractivity contribution is 5.95. The first-order valence-electron chi connectivity index (χ1n) is 16.9. The number of amides is 5. The zero-order chi connectivity index (χ0) is 38.8. The van der Waals surface area contributed by atoms with Gasteiger partial charge < -0.3 is 54.0 Å². The van der Waals surface area contributed by atoms with E-state index in [4.69, 9.17) is 17.2 Å². The number of hydrogen-bond acceptors (Lipinski definition) is 9. The number of carbonyl (C=O) groups excluding carboxylic acids is 5. The molecule has 0 saturated heterocycles. The number of benzene rings is 2. The molecule has 2 rings (SSSR count). The van der Waals surface area contributed by atoms with Crippen molar-refractivity contribution in [2.45, 2.75) is 83.1 Å². The number of nitrogens with one attached hydrogen (secondary N) is 5. The van der Waals surface area contributed by atoms with Crippen LogP contribution in [-0.4, -0.2) is 95.0 Å². The molecule has 0 heterocycles. The average Bonchev–Trinajstić information content (AvgIpc) is 3.08. The first kappa shape index (κ1) is 42.5. The molecule has 17 heteroatoms. The van der Waals surface area contributed by atoms with Crippen LogP contribution in [0.15, 0.2) is 59.6 Å². The number of aliphatic imine (C=N–C) groups is 1. The first-order chi connectivity index (χ1) is 24.5. The Hall–Kier alpha value is -5.71. The van der Waals surface area contributed by atoms with Gasteiger partial charge in [0, 0.05) is 13.0 Å². The zero-order valence-electron chi connectivity index (χ0n) is 29.6. The number of phenolic OH excluding ortho intramolecular Hbond substituents is 1. The topological polar surface area (TPSA) is 293 Å². The molecule has 0 saturated carbocycles. The van der Waals surface area contributed by atoms with Crippen LogP contribution in [0.3, 0.4) is 0 Å². The second-order valence-corrected chi connectivity index (χ2v) is 12.8. The maximum Gasteiger partial charge on any atom is 0.326 e. The Morgan fingerprint density at radius 3 is 1.92 bits per heavy atom. The Balaban J connectivity index is 2.06. The predicted molar refractivity (Wildman–Crippen MR) is 193 cm³/mol. The van der Waals surface area contributed by atoms with E-state index in [1.54, 1.807) is 42.5 Å². The molecule has 13 N–H and O–H groups in total. The highest BCUT2D eigenvalue weighted by atomic mass is 16.4. The SMILES string of the molecule is CC(C)C[C@H](NC(=O)[C@H](Cc1ccccc1)NC(=O)CNC(=O)[C@@H](C)NC(=O)[C@@H](N)Cc1ccc(O)cc1)C(=O)N[C@@H](CCCN=C(N)N)C(=O)O. The van der Waals surface area contributed by atoms with E-state index in [2.05, 4.69) is 31.6 Å². The van der Waals surface area contributed by atoms with Crippen molar-refractivity contribution in [1.82, 2.24) is 26.6 Å². The summed E-state index contributed by atoms with van der Waals surface area (Å²) in [7, 11) is 0. The van der Waals surface area contributed by atoms with E-state index in [1.165, 1.54) is 19.1 Å². The van der Waals surface area contributed by atoms with Gasteiger partial charge in [0.15, 0.2) is 5.96 Å². The molecular weight excluding hydrogens is 674 g/mol. The van der Waals surface area contributed by atoms with Crippen molar-refractivity contribution in [2.75, 3.05) is 13.1 Å². The Labute approximate surface area is 302 Å². The van der Waals surface area contributed by atoms with Crippen molar-refractivity contribution in [3.05, 3.63) is 65.7 Å². The largest absolute Gasteiger partial charge is 0.508 e. The third kappa shape index (κ3) is 15.9. The molecule has 0 unspecified atom stereocenters. The Kier molecular flexibility index (Phi) is 17.5. The molecule has 0 radical (unpaired) electrons. The Bertz CT molecular complexity index is 1530. The second-order valence-electron chi connectivity index (χ2n) is 12.8. The molecule has 17 nitrogen and oxygen atoms in total. The van der Waals surface area contributed by atoms with Crippen LogP contribution in [0.2, 0.25) is 0 Å². The van der Waals surface area contributed by atoms with E-state index in [0.717, 1.165) is 0 Å². The summed E-state index contributed by atoms with van der Waals surface area (Å²) in [4.78, 5) is 80.9. The van der Waals surface area contributed by atoms with E-state index in [0.29, 0.717) is 11.1 Å². The van der Waals surface area contributed by atoms with Crippen LogP contribution in [0.25, 0.3) is 0 Å². The van der Waals surface area contributed by atoms with Gasteiger partial charge in [-0.3, -0.25) is 29.0 Å². The number of aromatic hydroxyl groups is 1. The summed E-state index contributed by atoms with van der Waals surface area (Å²) < 4.78 is 0. The van der Waals surface area contributed by atoms with Gasteiger partial charge in [-0.15, -0.1) is 0 Å². The smallest absolute Gasteiger partial charge is 0.326 e. The zero-order valence-corrected chi connectivity index (χ0v) is 29.6. The molecule has 0 aliphatic carbocycles. The maximum absolute atomic E-state index is 13.6. The van der Waals surface area contributed by atoms with Gasteiger partial charge in [-0.05, 0) is 61.8 Å². The molecule has 5 atom stereocenters. The average molecular weight is 726 g/mol. The lowest BCUT2D eigenvalue weighted by Crippen LogP contribution is -2.57. The Morgan fingerprint density at radius 1 is 0.731 bits per heavy atom. The van der Waals surface area contributed by atoms with E-state index in [9.17, 15) is 39.0 Å². The lowest BCUT2D eigenvalue weighted by atomic mass is 10.0. The molecule has 0 aliphatic rings. The molecule has 0 fully saturated rings. The summed E-state index contributed by atoms with van der Waals surface area (Å²) in [6, 6.07) is 9.37. The Morgan fingerprint density at radius 2 is 1.33 bits per heavy atom. The normalized spacial score (nSPS) is 13.7. The number of guanidine groups is 1. The summed E-state index contributed by atoms with van der Waals surface area (Å²) in [5, 5.41) is 31.8. The van der Waals surface area contributed by atoms with Crippen molar-refractivity contribution >= 4 is 41.5 Å². The van der Waals surface area contributed by atoms with E-state index < -0.39 is 72.3 Å². The number of carboxylic acid groups (broad SMARTS) is 1. The quantitative estimate of drug-likeness (QED) is 0.0413. The molecule has 2 aromatic rings. The van der Waals surface area contributed by atoms with Gasteiger partial charge in [-0.25, -0.2) is 4.79 Å². The standard InChI is InChI=1S/C35H51N9O8/c1-20(2)16-27(32(49)43-26(34(51)52)10-7-15-39-35(37)38)44-33(50)28(18-22-8-5-4-6-9-22)42-29(46)19-40-30(47)21(3)41-31(48)25(36)17-23-11-13-24(45)14-12-23/h4-6,8-9,11-14,20-21,25-28,45H,7,10,15-19,36H2,1-3H3,(H,40,47)(H,41,48)(H,42,46)(H,43,49)(H,44,50)(H,51,52)(H4,37,38,39)/t21-,25+,26+,27+,28+/m1/s1. The molecule has 2 aromatic carbocycles. The van der Waals surface area contributed by atoms with Crippen LogP contribution in [0.1, 0.15) is 51.2 Å². The molecule has 0 bridgehead atoms. The van der Waals surface area contributed by atoms with Gasteiger partial charge in [0.1, 0.15) is 29.9 Å². The molecule has 5 amide bonds. The van der Waals surface area contributed by atoms with Crippen LogP contribution in [0.4, 0.5) is 0 Å². The number of rotatable bonds is 21. The van der Waals surface area contributed by atoms with Gasteiger partial charge in [0.25, 0.3) is 0 Å². The van der Waals surface area contributed by atoms with Gasteiger partial charge in [-0.1, -0.05) is 56.3 Å². The van der Waals surface area contributed by atoms with Crippen LogP contribution in [-0.2, 0) is 41.6 Å². The molecule has 52 heavy (non-hydrogen) atoms. The van der Waals surface area contributed by atoms with Crippen molar-refractivity contribution < 1.29 is 39.0 Å². The minimum absolute atomic E-state index is 0.0352. The van der Waals surface area contributed by atoms with Crippen LogP contribution in [0.5, 0.6) is 5.75 Å². The van der Waals surface area contributed by atoms with Crippen molar-refractivity contribution in [2.24, 2.45) is 28.1 Å².